The highest BCUT2D eigenvalue weighted by Crippen LogP contribution is 2.29. The summed E-state index contributed by atoms with van der Waals surface area (Å²) in [6.45, 7) is 9.46. The third-order valence-corrected chi connectivity index (χ3v) is 5.96. The van der Waals surface area contributed by atoms with Gasteiger partial charge in [0.2, 0.25) is 0 Å². The topological polar surface area (TPSA) is 56.1 Å². The average molecular weight is 470 g/mol. The molecule has 1 amide bonds. The van der Waals surface area contributed by atoms with Crippen LogP contribution in [0.15, 0.2) is 87.6 Å². The molecule has 0 spiro atoms. The summed E-state index contributed by atoms with van der Waals surface area (Å²) in [4.78, 5) is 21.9. The zero-order valence-electron chi connectivity index (χ0n) is 20.0. The van der Waals surface area contributed by atoms with Crippen molar-refractivity contribution in [2.75, 3.05) is 26.9 Å². The Hall–Kier alpha value is -2.47. The van der Waals surface area contributed by atoms with Gasteiger partial charge in [0.05, 0.1) is 18.8 Å². The first kappa shape index (κ1) is 26.8. The predicted octanol–water partition coefficient (Wildman–Crippen LogP) is 5.29. The molecule has 1 fully saturated rings. The zero-order chi connectivity index (χ0) is 24.2. The number of nitrogens with zero attached hydrogens (tertiary/aromatic N) is 3. The van der Waals surface area contributed by atoms with Gasteiger partial charge in [-0.25, -0.2) is 0 Å². The second-order valence-electron chi connectivity index (χ2n) is 7.81. The molecule has 3 aliphatic rings. The van der Waals surface area contributed by atoms with Crippen molar-refractivity contribution in [1.82, 2.24) is 9.80 Å². The van der Waals surface area contributed by atoms with Gasteiger partial charge in [-0.3, -0.25) is 14.7 Å². The van der Waals surface area contributed by atoms with Gasteiger partial charge in [-0.2, -0.15) is 0 Å². The van der Waals surface area contributed by atoms with E-state index in [9.17, 15) is 9.90 Å². The summed E-state index contributed by atoms with van der Waals surface area (Å²) < 4.78 is 0. The molecule has 1 saturated heterocycles. The Balaban J connectivity index is 0.00000187. The average Bonchev–Trinajstić information content (AvgIpc) is 2.99. The number of aliphatic hydroxyl groups excluding tert-OH is 1. The van der Waals surface area contributed by atoms with Gasteiger partial charge in [0.25, 0.3) is 5.91 Å². The van der Waals surface area contributed by atoms with Crippen molar-refractivity contribution in [2.45, 2.75) is 45.6 Å². The maximum atomic E-state index is 13.8. The molecule has 0 bridgehead atoms. The minimum atomic E-state index is -0.0970. The Morgan fingerprint density at radius 3 is 2.85 bits per heavy atom. The first-order valence-corrected chi connectivity index (χ1v) is 12.0. The van der Waals surface area contributed by atoms with Crippen LogP contribution >= 0.6 is 11.6 Å². The zero-order valence-corrected chi connectivity index (χ0v) is 20.8. The molecule has 2 aliphatic heterocycles. The minimum absolute atomic E-state index is 0.0970. The Kier molecular flexibility index (Phi) is 11.3. The number of likely N-dealkylation sites (tertiary alicyclic amines) is 1. The van der Waals surface area contributed by atoms with Gasteiger partial charge >= 0.3 is 0 Å². The van der Waals surface area contributed by atoms with Crippen molar-refractivity contribution in [3.05, 3.63) is 82.6 Å². The molecule has 178 valence electrons. The molecule has 1 atom stereocenters. The van der Waals surface area contributed by atoms with Gasteiger partial charge in [-0.05, 0) is 41.7 Å². The number of amides is 1. The Morgan fingerprint density at radius 2 is 2.12 bits per heavy atom. The number of hydrogen-bond acceptors (Lipinski definition) is 4. The molecule has 33 heavy (non-hydrogen) atoms. The minimum Gasteiger partial charge on any atom is -0.395 e. The number of halogens is 1. The number of aliphatic hydroxyl groups is 1. The predicted molar refractivity (Wildman–Crippen MR) is 139 cm³/mol. The van der Waals surface area contributed by atoms with Crippen LogP contribution in [0.5, 0.6) is 0 Å². The highest BCUT2D eigenvalue weighted by atomic mass is 35.5. The fourth-order valence-electron chi connectivity index (χ4n) is 4.04. The molecule has 1 unspecified atom stereocenters. The van der Waals surface area contributed by atoms with Crippen molar-refractivity contribution in [2.24, 2.45) is 4.99 Å². The third kappa shape index (κ3) is 7.26. The van der Waals surface area contributed by atoms with E-state index in [1.807, 2.05) is 56.5 Å². The van der Waals surface area contributed by atoms with Gasteiger partial charge in [-0.1, -0.05) is 62.4 Å². The molecule has 0 aromatic rings. The van der Waals surface area contributed by atoms with Crippen LogP contribution < -0.4 is 0 Å². The number of carbonyl (C=O) groups excluding carboxylic acids is 1. The molecule has 5 nitrogen and oxygen atoms in total. The normalized spacial score (nSPS) is 21.0. The van der Waals surface area contributed by atoms with Gasteiger partial charge in [0.15, 0.2) is 0 Å². The van der Waals surface area contributed by atoms with E-state index in [1.165, 1.54) is 0 Å². The van der Waals surface area contributed by atoms with Crippen molar-refractivity contribution < 1.29 is 9.90 Å². The molecule has 0 aromatic heterocycles. The lowest BCUT2D eigenvalue weighted by Crippen LogP contribution is -2.43. The molecule has 2 heterocycles. The second kappa shape index (κ2) is 13.9. The summed E-state index contributed by atoms with van der Waals surface area (Å²) in [5, 5.41) is 10.4. The molecular weight excluding hydrogens is 434 g/mol. The first-order chi connectivity index (χ1) is 16.0. The summed E-state index contributed by atoms with van der Waals surface area (Å²) >= 11 is 6.23. The maximum Gasteiger partial charge on any atom is 0.255 e. The van der Waals surface area contributed by atoms with E-state index in [0.717, 1.165) is 41.1 Å². The van der Waals surface area contributed by atoms with Crippen LogP contribution in [-0.4, -0.2) is 59.9 Å². The molecule has 0 saturated carbocycles. The van der Waals surface area contributed by atoms with E-state index >= 15 is 0 Å². The van der Waals surface area contributed by atoms with Crippen LogP contribution in [0.2, 0.25) is 0 Å². The quantitative estimate of drug-likeness (QED) is 0.407. The fraction of sp³-hybridized carbons (Fsp3) is 0.407. The molecule has 3 rings (SSSR count). The van der Waals surface area contributed by atoms with Crippen molar-refractivity contribution in [1.29, 1.82) is 0 Å². The lowest BCUT2D eigenvalue weighted by atomic mass is 9.92. The van der Waals surface area contributed by atoms with E-state index in [2.05, 4.69) is 16.5 Å². The Labute approximate surface area is 203 Å². The lowest BCUT2D eigenvalue weighted by Gasteiger charge is -2.29. The van der Waals surface area contributed by atoms with Crippen LogP contribution in [0, 0.1) is 0 Å². The molecule has 1 aliphatic carbocycles. The van der Waals surface area contributed by atoms with Crippen molar-refractivity contribution >= 4 is 23.7 Å². The third-order valence-electron chi connectivity index (χ3n) is 5.68. The summed E-state index contributed by atoms with van der Waals surface area (Å²) in [5.41, 5.74) is 3.05. The molecular formula is C27H36ClN3O2. The highest BCUT2D eigenvalue weighted by molar-refractivity contribution is 6.29. The lowest BCUT2D eigenvalue weighted by molar-refractivity contribution is -0.127. The number of rotatable bonds is 7. The molecule has 6 heteroatoms. The molecule has 0 aromatic carbocycles. The Morgan fingerprint density at radius 1 is 1.33 bits per heavy atom. The van der Waals surface area contributed by atoms with E-state index < -0.39 is 0 Å². The number of aliphatic imine (C=N–C) groups is 1. The van der Waals surface area contributed by atoms with Gasteiger partial charge in [0, 0.05) is 49.9 Å². The van der Waals surface area contributed by atoms with E-state index in [4.69, 9.17) is 11.6 Å². The van der Waals surface area contributed by atoms with Crippen LogP contribution in [0.4, 0.5) is 0 Å². The van der Waals surface area contributed by atoms with Gasteiger partial charge < -0.3 is 10.0 Å². The van der Waals surface area contributed by atoms with Crippen molar-refractivity contribution in [3.8, 4) is 0 Å². The summed E-state index contributed by atoms with van der Waals surface area (Å²) in [6, 6.07) is 0.102. The number of carbonyl (C=O) groups is 1. The monoisotopic (exact) mass is 469 g/mol. The van der Waals surface area contributed by atoms with Crippen LogP contribution in [-0.2, 0) is 4.79 Å². The standard InChI is InChI=1S/C25H30ClN3O2.C2H6/c1-3-23(19-8-5-14-27-15-13-19)24(20-7-4-9-21(26)12-11-20)25(31)28(2)18-29-16-6-10-22(29)17-30;1-2/h3-4,7-8,11-15,22,30H,1,5-6,9-10,16-18H2,2H3;1-2H3/b24-23+;. The van der Waals surface area contributed by atoms with E-state index in [-0.39, 0.29) is 18.6 Å². The van der Waals surface area contributed by atoms with Gasteiger partial charge in [0.1, 0.15) is 0 Å². The highest BCUT2D eigenvalue weighted by Gasteiger charge is 2.28. The largest absolute Gasteiger partial charge is 0.395 e. The SMILES string of the molecule is C=C/C(C1=CCC=NC=C1)=C(\C(=O)N(C)CN1CCCC1CO)C1=CC=C(Cl)CC=C1.CC. The summed E-state index contributed by atoms with van der Waals surface area (Å²) in [7, 11) is 1.81. The Bertz CT molecular complexity index is 922. The van der Waals surface area contributed by atoms with Crippen molar-refractivity contribution in [3.63, 3.8) is 0 Å². The van der Waals surface area contributed by atoms with Crippen LogP contribution in [0.25, 0.3) is 0 Å². The number of hydrogen-bond donors (Lipinski definition) is 1. The second-order valence-corrected chi connectivity index (χ2v) is 8.30. The molecule has 0 radical (unpaired) electrons. The maximum absolute atomic E-state index is 13.8. The van der Waals surface area contributed by atoms with E-state index in [1.54, 1.807) is 24.2 Å². The van der Waals surface area contributed by atoms with Crippen LogP contribution in [0.1, 0.15) is 39.5 Å². The number of likely N-dealkylation sites (N-methyl/N-ethyl adjacent to an activating group) is 1. The van der Waals surface area contributed by atoms with E-state index in [0.29, 0.717) is 25.1 Å². The number of allylic oxidation sites excluding steroid dienone is 10. The first-order valence-electron chi connectivity index (χ1n) is 11.6. The summed E-state index contributed by atoms with van der Waals surface area (Å²) in [6.07, 6.45) is 20.2. The summed E-state index contributed by atoms with van der Waals surface area (Å²) in [5.74, 6) is -0.0970. The van der Waals surface area contributed by atoms with Crippen LogP contribution in [0.3, 0.4) is 0 Å². The fourth-order valence-corrected chi connectivity index (χ4v) is 4.19. The molecule has 1 N–H and O–H groups in total. The smallest absolute Gasteiger partial charge is 0.255 e. The van der Waals surface area contributed by atoms with Gasteiger partial charge in [-0.15, -0.1) is 0 Å².